The molecule has 0 saturated heterocycles. The van der Waals surface area contributed by atoms with Crippen LogP contribution in [0.15, 0.2) is 35.7 Å². The maximum atomic E-state index is 12.1. The van der Waals surface area contributed by atoms with Gasteiger partial charge in [-0.15, -0.1) is 10.2 Å². The molecule has 19 heavy (non-hydrogen) atoms. The summed E-state index contributed by atoms with van der Waals surface area (Å²) in [4.78, 5) is 12.1. The Labute approximate surface area is 116 Å². The van der Waals surface area contributed by atoms with E-state index in [1.165, 1.54) is 11.8 Å². The molecule has 1 atom stereocenters. The first-order valence-electron chi connectivity index (χ1n) is 5.95. The fourth-order valence-electron chi connectivity index (χ4n) is 1.54. The van der Waals surface area contributed by atoms with E-state index in [1.54, 1.807) is 10.9 Å². The van der Waals surface area contributed by atoms with Crippen molar-refractivity contribution in [3.8, 4) is 0 Å². The fourth-order valence-corrected chi connectivity index (χ4v) is 2.33. The van der Waals surface area contributed by atoms with E-state index in [1.807, 2.05) is 45.2 Å². The lowest BCUT2D eigenvalue weighted by atomic mass is 10.2. The van der Waals surface area contributed by atoms with Gasteiger partial charge in [-0.05, 0) is 25.5 Å². The minimum absolute atomic E-state index is 0.0395. The van der Waals surface area contributed by atoms with Crippen LogP contribution in [0.5, 0.6) is 0 Å². The molecule has 100 valence electrons. The molecule has 1 aromatic carbocycles. The van der Waals surface area contributed by atoms with E-state index < -0.39 is 0 Å². The van der Waals surface area contributed by atoms with Crippen LogP contribution in [0.25, 0.3) is 0 Å². The van der Waals surface area contributed by atoms with E-state index in [2.05, 4.69) is 15.5 Å². The summed E-state index contributed by atoms with van der Waals surface area (Å²) in [7, 11) is 1.86. The van der Waals surface area contributed by atoms with Crippen LogP contribution in [0.4, 0.5) is 5.69 Å². The van der Waals surface area contributed by atoms with E-state index in [-0.39, 0.29) is 11.2 Å². The Morgan fingerprint density at radius 1 is 1.42 bits per heavy atom. The number of benzene rings is 1. The zero-order chi connectivity index (χ0) is 13.8. The molecular weight excluding hydrogens is 260 g/mol. The van der Waals surface area contributed by atoms with Crippen molar-refractivity contribution in [2.75, 3.05) is 5.32 Å². The molecule has 0 aliphatic heterocycles. The van der Waals surface area contributed by atoms with Crippen molar-refractivity contribution in [2.45, 2.75) is 24.3 Å². The molecule has 2 aromatic rings. The van der Waals surface area contributed by atoms with Gasteiger partial charge in [0.1, 0.15) is 6.33 Å². The average Bonchev–Trinajstić information content (AvgIpc) is 2.78. The van der Waals surface area contributed by atoms with Gasteiger partial charge in [-0.1, -0.05) is 30.0 Å². The third-order valence-corrected chi connectivity index (χ3v) is 3.87. The number of amides is 1. The Kier molecular flexibility index (Phi) is 4.21. The van der Waals surface area contributed by atoms with Crippen molar-refractivity contribution in [3.63, 3.8) is 0 Å². The first kappa shape index (κ1) is 13.6. The first-order valence-corrected chi connectivity index (χ1v) is 6.83. The van der Waals surface area contributed by atoms with E-state index in [9.17, 15) is 4.79 Å². The van der Waals surface area contributed by atoms with Gasteiger partial charge in [0.2, 0.25) is 5.91 Å². The molecule has 1 heterocycles. The zero-order valence-corrected chi connectivity index (χ0v) is 11.9. The van der Waals surface area contributed by atoms with Crippen molar-refractivity contribution in [2.24, 2.45) is 7.05 Å². The lowest BCUT2D eigenvalue weighted by Crippen LogP contribution is -2.23. The second-order valence-electron chi connectivity index (χ2n) is 4.29. The molecule has 0 aliphatic carbocycles. The van der Waals surface area contributed by atoms with Crippen LogP contribution in [0.2, 0.25) is 0 Å². The largest absolute Gasteiger partial charge is 0.325 e. The van der Waals surface area contributed by atoms with Crippen molar-refractivity contribution >= 4 is 23.4 Å². The number of hydrogen-bond donors (Lipinski definition) is 1. The zero-order valence-electron chi connectivity index (χ0n) is 11.1. The second kappa shape index (κ2) is 5.88. The van der Waals surface area contributed by atoms with Gasteiger partial charge in [-0.3, -0.25) is 4.79 Å². The topological polar surface area (TPSA) is 59.8 Å². The molecule has 1 aromatic heterocycles. The highest BCUT2D eigenvalue weighted by Crippen LogP contribution is 2.22. The summed E-state index contributed by atoms with van der Waals surface area (Å²) in [6.07, 6.45) is 1.62. The standard InChI is InChI=1S/C13H16N4OS/c1-9-6-4-5-7-11(9)15-12(18)10(2)19-13-16-14-8-17(13)3/h4-8,10H,1-3H3,(H,15,18). The second-order valence-corrected chi connectivity index (χ2v) is 5.60. The molecule has 2 rings (SSSR count). The van der Waals surface area contributed by atoms with Crippen molar-refractivity contribution in [1.82, 2.24) is 14.8 Å². The number of hydrogen-bond acceptors (Lipinski definition) is 4. The van der Waals surface area contributed by atoms with Crippen LogP contribution in [0.3, 0.4) is 0 Å². The highest BCUT2D eigenvalue weighted by atomic mass is 32.2. The molecule has 1 unspecified atom stereocenters. The van der Waals surface area contributed by atoms with Crippen molar-refractivity contribution < 1.29 is 4.79 Å². The Balaban J connectivity index is 2.00. The molecule has 0 saturated carbocycles. The molecular formula is C13H16N4OS. The minimum atomic E-state index is -0.234. The maximum Gasteiger partial charge on any atom is 0.237 e. The van der Waals surface area contributed by atoms with Crippen LogP contribution in [0, 0.1) is 6.92 Å². The third kappa shape index (κ3) is 3.35. The van der Waals surface area contributed by atoms with Gasteiger partial charge in [0.05, 0.1) is 5.25 Å². The normalized spacial score (nSPS) is 12.2. The number of nitrogens with one attached hydrogen (secondary N) is 1. The van der Waals surface area contributed by atoms with Crippen LogP contribution in [-0.2, 0) is 11.8 Å². The lowest BCUT2D eigenvalue weighted by Gasteiger charge is -2.12. The fraction of sp³-hybridized carbons (Fsp3) is 0.308. The predicted molar refractivity (Wildman–Crippen MR) is 76.1 cm³/mol. The number of rotatable bonds is 4. The van der Waals surface area contributed by atoms with Gasteiger partial charge in [-0.25, -0.2) is 0 Å². The first-order chi connectivity index (χ1) is 9.08. The Morgan fingerprint density at radius 3 is 2.79 bits per heavy atom. The number of aromatic nitrogens is 3. The SMILES string of the molecule is Cc1ccccc1NC(=O)C(C)Sc1nncn1C. The van der Waals surface area contributed by atoms with E-state index in [0.717, 1.165) is 16.4 Å². The molecule has 1 amide bonds. The predicted octanol–water partition coefficient (Wildman–Crippen LogP) is 2.24. The minimum Gasteiger partial charge on any atom is -0.325 e. The highest BCUT2D eigenvalue weighted by Gasteiger charge is 2.17. The number of carbonyl (C=O) groups is 1. The van der Waals surface area contributed by atoms with Crippen LogP contribution in [-0.4, -0.2) is 25.9 Å². The highest BCUT2D eigenvalue weighted by molar-refractivity contribution is 8.00. The summed E-state index contributed by atoms with van der Waals surface area (Å²) in [5.74, 6) is -0.0395. The Bertz CT molecular complexity index is 582. The lowest BCUT2D eigenvalue weighted by molar-refractivity contribution is -0.115. The van der Waals surface area contributed by atoms with Crippen LogP contribution < -0.4 is 5.32 Å². The molecule has 0 aliphatic rings. The molecule has 5 nitrogen and oxygen atoms in total. The molecule has 0 fully saturated rings. The molecule has 0 radical (unpaired) electrons. The molecule has 1 N–H and O–H groups in total. The van der Waals surface area contributed by atoms with Gasteiger partial charge in [0, 0.05) is 12.7 Å². The van der Waals surface area contributed by atoms with Gasteiger partial charge >= 0.3 is 0 Å². The van der Waals surface area contributed by atoms with Gasteiger partial charge in [0.15, 0.2) is 5.16 Å². The molecule has 0 bridgehead atoms. The Hall–Kier alpha value is -1.82. The molecule has 0 spiro atoms. The number of aryl methyl sites for hydroxylation is 2. The molecule has 6 heteroatoms. The maximum absolute atomic E-state index is 12.1. The van der Waals surface area contributed by atoms with Gasteiger partial charge in [-0.2, -0.15) is 0 Å². The van der Waals surface area contributed by atoms with E-state index >= 15 is 0 Å². The smallest absolute Gasteiger partial charge is 0.237 e. The van der Waals surface area contributed by atoms with Gasteiger partial charge < -0.3 is 9.88 Å². The number of carbonyl (C=O) groups excluding carboxylic acids is 1. The van der Waals surface area contributed by atoms with Crippen molar-refractivity contribution in [1.29, 1.82) is 0 Å². The Morgan fingerprint density at radius 2 is 2.16 bits per heavy atom. The summed E-state index contributed by atoms with van der Waals surface area (Å²) in [5, 5.41) is 11.2. The summed E-state index contributed by atoms with van der Waals surface area (Å²) in [6.45, 7) is 3.82. The van der Waals surface area contributed by atoms with Crippen molar-refractivity contribution in [3.05, 3.63) is 36.2 Å². The average molecular weight is 276 g/mol. The van der Waals surface area contributed by atoms with Crippen LogP contribution in [0.1, 0.15) is 12.5 Å². The summed E-state index contributed by atoms with van der Waals surface area (Å²) < 4.78 is 1.79. The summed E-state index contributed by atoms with van der Waals surface area (Å²) >= 11 is 1.39. The number of nitrogens with zero attached hydrogens (tertiary/aromatic N) is 3. The van der Waals surface area contributed by atoms with Gasteiger partial charge in [0.25, 0.3) is 0 Å². The van der Waals surface area contributed by atoms with Crippen LogP contribution >= 0.6 is 11.8 Å². The number of para-hydroxylation sites is 1. The van der Waals surface area contributed by atoms with E-state index in [0.29, 0.717) is 0 Å². The number of anilines is 1. The summed E-state index contributed by atoms with van der Waals surface area (Å²) in [6, 6.07) is 7.72. The van der Waals surface area contributed by atoms with E-state index in [4.69, 9.17) is 0 Å². The quantitative estimate of drug-likeness (QED) is 0.870. The monoisotopic (exact) mass is 276 g/mol. The summed E-state index contributed by atoms with van der Waals surface area (Å²) in [5.41, 5.74) is 1.89. The third-order valence-electron chi connectivity index (χ3n) is 2.72. The number of thioether (sulfide) groups is 1.